The van der Waals surface area contributed by atoms with Gasteiger partial charge in [0.05, 0.1) is 12.9 Å². The molecule has 0 amide bonds. The summed E-state index contributed by atoms with van der Waals surface area (Å²) in [5.41, 5.74) is 4.85. The van der Waals surface area contributed by atoms with Crippen LogP contribution in [0.4, 0.5) is 49.7 Å². The van der Waals surface area contributed by atoms with Crippen LogP contribution in [0.1, 0.15) is 31.2 Å². The number of rotatable bonds is 19. The Morgan fingerprint density at radius 2 is 1.71 bits per heavy atom. The van der Waals surface area contributed by atoms with Crippen molar-refractivity contribution in [2.24, 2.45) is 0 Å². The minimum atomic E-state index is -7.01. The topological polar surface area (TPSA) is 143 Å². The quantitative estimate of drug-likeness (QED) is 0.0372. The number of nitrogens with zero attached hydrogens (tertiary/aromatic N) is 4. The zero-order chi connectivity index (χ0) is 38.3. The number of imidazole rings is 1. The van der Waals surface area contributed by atoms with Gasteiger partial charge < -0.3 is 19.8 Å². The van der Waals surface area contributed by atoms with Crippen molar-refractivity contribution in [2.75, 3.05) is 26.1 Å². The molecule has 2 aromatic heterocycles. The van der Waals surface area contributed by atoms with Gasteiger partial charge in [-0.25, -0.2) is 4.98 Å². The highest BCUT2D eigenvalue weighted by molar-refractivity contribution is 7.36. The maximum Gasteiger partial charge on any atom is 0.614 e. The smallest absolute Gasteiger partial charge is 0.464 e. The molecule has 3 aromatic rings. The number of hydrogen-bond donors (Lipinski definition) is 2. The number of ether oxygens (including phenoxy) is 2. The number of nitrogen functional groups attached to an aromatic ring is 1. The van der Waals surface area contributed by atoms with E-state index in [2.05, 4.69) is 26.0 Å². The molecule has 1 aromatic carbocycles. The number of esters is 1. The van der Waals surface area contributed by atoms with E-state index in [1.807, 2.05) is 0 Å². The van der Waals surface area contributed by atoms with Crippen molar-refractivity contribution in [1.82, 2.24) is 24.6 Å². The average Bonchev–Trinajstić information content (AvgIpc) is 3.47. The largest absolute Gasteiger partial charge is 0.614 e. The van der Waals surface area contributed by atoms with Gasteiger partial charge in [-0.05, 0) is 23.0 Å². The van der Waals surface area contributed by atoms with E-state index in [1.165, 1.54) is 18.0 Å². The molecule has 0 saturated carbocycles. The van der Waals surface area contributed by atoms with Gasteiger partial charge in [-0.3, -0.25) is 4.79 Å². The molecule has 0 aliphatic carbocycles. The summed E-state index contributed by atoms with van der Waals surface area (Å²) in [4.78, 5) is 24.0. The summed E-state index contributed by atoms with van der Waals surface area (Å²) in [6.45, 7) is -1.22. The molecule has 0 aliphatic heterocycles. The predicted octanol–water partition coefficient (Wildman–Crippen LogP) is 6.01. The molecule has 2 heterocycles. The number of carbonyl (C=O) groups excluding carboxylic acids is 1. The first-order valence-corrected chi connectivity index (χ1v) is 15.8. The number of nitrogens with two attached hydrogens (primary N) is 1. The number of nitrogens with one attached hydrogen (secondary N) is 1. The van der Waals surface area contributed by atoms with Crippen molar-refractivity contribution < 1.29 is 67.3 Å². The zero-order valence-electron chi connectivity index (χ0n) is 26.4. The molecule has 3 N–H and O–H groups in total. The fourth-order valence-electron chi connectivity index (χ4n) is 4.46. The minimum absolute atomic E-state index is 0.0194. The van der Waals surface area contributed by atoms with Crippen LogP contribution in [-0.4, -0.2) is 81.4 Å². The van der Waals surface area contributed by atoms with Crippen LogP contribution < -0.4 is 10.8 Å². The lowest BCUT2D eigenvalue weighted by Crippen LogP contribution is -2.60. The standard InChI is InChI=1S/C29H30F10N6O5P/c1-3-25(48-2,12-13-45-17-41-20-21(40)42-24(30)43-22(20)45)16-50-51(47)44-19(15-18-9-5-4-6-10-18)23(46)49-14-8-7-11-26(31,32)27(33,34)28(35,36)29(37,38)39/h1,4-6,9-10,17,19H,7-8,11-16H2,2H3,(H,44,47)(H2,40,42,43)/q+1/t19-,25-/m0/s1. The number of aryl methyl sites for hydroxylation is 1. The molecule has 280 valence electrons. The van der Waals surface area contributed by atoms with Crippen molar-refractivity contribution in [3.8, 4) is 12.3 Å². The van der Waals surface area contributed by atoms with Crippen LogP contribution in [0.15, 0.2) is 36.7 Å². The summed E-state index contributed by atoms with van der Waals surface area (Å²) in [6.07, 6.45) is -4.98. The molecular weight excluding hydrogens is 733 g/mol. The Balaban J connectivity index is 1.60. The lowest BCUT2D eigenvalue weighted by Gasteiger charge is -2.33. The fraction of sp³-hybridized carbons (Fsp3) is 0.517. The number of unbranched alkanes of at least 4 members (excludes halogenated alkanes) is 1. The summed E-state index contributed by atoms with van der Waals surface area (Å²) < 4.78 is 162. The van der Waals surface area contributed by atoms with Gasteiger partial charge in [0, 0.05) is 32.9 Å². The average molecular weight is 764 g/mol. The van der Waals surface area contributed by atoms with Crippen LogP contribution in [-0.2, 0) is 36.3 Å². The number of alkyl halides is 9. The lowest BCUT2D eigenvalue weighted by molar-refractivity contribution is -0.396. The van der Waals surface area contributed by atoms with E-state index in [0.717, 1.165) is 0 Å². The molecule has 11 nitrogen and oxygen atoms in total. The molecule has 22 heteroatoms. The van der Waals surface area contributed by atoms with E-state index in [9.17, 15) is 53.3 Å². The summed E-state index contributed by atoms with van der Waals surface area (Å²) in [7, 11) is -1.68. The highest BCUT2D eigenvalue weighted by Gasteiger charge is 2.81. The Bertz CT molecular complexity index is 1710. The van der Waals surface area contributed by atoms with Crippen LogP contribution in [0.5, 0.6) is 0 Å². The summed E-state index contributed by atoms with van der Waals surface area (Å²) >= 11 is 0. The van der Waals surface area contributed by atoms with Crippen LogP contribution in [0.25, 0.3) is 11.2 Å². The van der Waals surface area contributed by atoms with Gasteiger partial charge in [-0.2, -0.15) is 53.9 Å². The van der Waals surface area contributed by atoms with Gasteiger partial charge in [-0.1, -0.05) is 41.3 Å². The number of fused-ring (bicyclic) bond motifs is 1. The second-order valence-electron chi connectivity index (χ2n) is 11.0. The first kappa shape index (κ1) is 41.3. The Morgan fingerprint density at radius 3 is 2.31 bits per heavy atom. The van der Waals surface area contributed by atoms with E-state index >= 15 is 0 Å². The number of methoxy groups -OCH3 is 1. The molecule has 0 aliphatic rings. The maximum absolute atomic E-state index is 13.8. The number of carbonyl (C=O) groups is 1. The third-order valence-corrected chi connectivity index (χ3v) is 8.34. The van der Waals surface area contributed by atoms with Gasteiger partial charge in [0.15, 0.2) is 23.1 Å². The van der Waals surface area contributed by atoms with Crippen LogP contribution in [0, 0.1) is 18.4 Å². The van der Waals surface area contributed by atoms with Gasteiger partial charge in [0.25, 0.3) is 0 Å². The van der Waals surface area contributed by atoms with Crippen LogP contribution in [0.3, 0.4) is 0 Å². The molecular formula is C29H30F10N6O5P+. The number of benzene rings is 1. The molecule has 0 bridgehead atoms. The highest BCUT2D eigenvalue weighted by atomic mass is 31.1. The summed E-state index contributed by atoms with van der Waals surface area (Å²) in [5.74, 6) is -18.4. The Morgan fingerprint density at radius 1 is 1.04 bits per heavy atom. The summed E-state index contributed by atoms with van der Waals surface area (Å²) in [5, 5.41) is 2.40. The molecule has 3 atom stereocenters. The van der Waals surface area contributed by atoms with E-state index < -0.39 is 88.3 Å². The second kappa shape index (κ2) is 16.5. The second-order valence-corrected chi connectivity index (χ2v) is 12.0. The Hall–Kier alpha value is -4.12. The number of halogens is 10. The summed E-state index contributed by atoms with van der Waals surface area (Å²) in [6, 6.07) is 6.65. The molecule has 0 saturated heterocycles. The molecule has 3 rings (SSSR count). The van der Waals surface area contributed by atoms with Gasteiger partial charge >= 0.3 is 44.2 Å². The first-order chi connectivity index (χ1) is 23.7. The molecule has 1 unspecified atom stereocenters. The SMILES string of the molecule is C#C[C@](CCn1cnc2c(N)nc(F)nc21)(CO[P+](=O)N[C@@H](Cc1ccccc1)C(=O)OCCCCC(F)(F)C(F)(F)C(F)(F)C(F)(F)F)OC. The third kappa shape index (κ3) is 9.81. The van der Waals surface area contributed by atoms with Crippen molar-refractivity contribution in [3.05, 3.63) is 48.3 Å². The predicted molar refractivity (Wildman–Crippen MR) is 159 cm³/mol. The van der Waals surface area contributed by atoms with Crippen molar-refractivity contribution >= 4 is 31.1 Å². The van der Waals surface area contributed by atoms with Gasteiger partial charge in [0.1, 0.15) is 12.1 Å². The normalized spacial score (nSPS) is 14.9. The van der Waals surface area contributed by atoms with Crippen LogP contribution in [0.2, 0.25) is 0 Å². The maximum atomic E-state index is 13.8. The minimum Gasteiger partial charge on any atom is -0.464 e. The Labute approximate surface area is 284 Å². The van der Waals surface area contributed by atoms with Crippen molar-refractivity contribution in [2.45, 2.75) is 74.2 Å². The Kier molecular flexibility index (Phi) is 13.3. The molecule has 0 fully saturated rings. The van der Waals surface area contributed by atoms with Crippen molar-refractivity contribution in [1.29, 1.82) is 0 Å². The third-order valence-electron chi connectivity index (χ3n) is 7.46. The van der Waals surface area contributed by atoms with E-state index in [-0.39, 0.29) is 36.4 Å². The number of aromatic nitrogens is 4. The lowest BCUT2D eigenvalue weighted by atomic mass is 9.99. The van der Waals surface area contributed by atoms with E-state index in [0.29, 0.717) is 5.56 Å². The number of hydrogen-bond acceptors (Lipinski definition) is 9. The number of terminal acetylenes is 1. The monoisotopic (exact) mass is 763 g/mol. The molecule has 0 radical (unpaired) electrons. The highest BCUT2D eigenvalue weighted by Crippen LogP contribution is 2.54. The van der Waals surface area contributed by atoms with Gasteiger partial charge in [0.2, 0.25) is 0 Å². The van der Waals surface area contributed by atoms with Crippen LogP contribution >= 0.6 is 8.18 Å². The van der Waals surface area contributed by atoms with Gasteiger partial charge in [-0.15, -0.1) is 10.9 Å². The zero-order valence-corrected chi connectivity index (χ0v) is 27.3. The van der Waals surface area contributed by atoms with Crippen molar-refractivity contribution in [3.63, 3.8) is 0 Å². The fourth-order valence-corrected chi connectivity index (χ4v) is 5.31. The van der Waals surface area contributed by atoms with E-state index in [1.54, 1.807) is 30.3 Å². The first-order valence-electron chi connectivity index (χ1n) is 14.6. The molecule has 0 spiro atoms. The number of anilines is 1. The molecule has 51 heavy (non-hydrogen) atoms. The van der Waals surface area contributed by atoms with E-state index in [4.69, 9.17) is 26.2 Å².